The Bertz CT molecular complexity index is 413. The van der Waals surface area contributed by atoms with Crippen LogP contribution in [0, 0.1) is 0 Å². The van der Waals surface area contributed by atoms with Gasteiger partial charge in [0, 0.05) is 25.7 Å². The van der Waals surface area contributed by atoms with E-state index in [2.05, 4.69) is 11.8 Å². The zero-order valence-electron chi connectivity index (χ0n) is 13.3. The molecule has 2 atom stereocenters. The Labute approximate surface area is 127 Å². The smallest absolute Gasteiger partial charge is 0.118 e. The second kappa shape index (κ2) is 7.78. The number of rotatable bonds is 6. The van der Waals surface area contributed by atoms with Gasteiger partial charge in [-0.25, -0.2) is 0 Å². The van der Waals surface area contributed by atoms with Gasteiger partial charge in [0.2, 0.25) is 0 Å². The highest BCUT2D eigenvalue weighted by atomic mass is 16.5. The molecule has 0 aromatic heterocycles. The quantitative estimate of drug-likeness (QED) is 0.875. The maximum Gasteiger partial charge on any atom is 0.118 e. The van der Waals surface area contributed by atoms with E-state index in [-0.39, 0.29) is 6.04 Å². The van der Waals surface area contributed by atoms with Gasteiger partial charge in [-0.3, -0.25) is 4.90 Å². The molecular formula is C17H27NO3. The molecule has 0 spiro atoms. The summed E-state index contributed by atoms with van der Waals surface area (Å²) in [5.74, 6) is 0.816. The normalized spacial score (nSPS) is 20.2. The van der Waals surface area contributed by atoms with E-state index >= 15 is 0 Å². The predicted molar refractivity (Wildman–Crippen MR) is 83.6 cm³/mol. The lowest BCUT2D eigenvalue weighted by Crippen LogP contribution is -2.44. The summed E-state index contributed by atoms with van der Waals surface area (Å²) in [6.45, 7) is 6.89. The molecular weight excluding hydrogens is 266 g/mol. The molecule has 4 heteroatoms. The van der Waals surface area contributed by atoms with Crippen LogP contribution in [0.2, 0.25) is 0 Å². The number of benzene rings is 1. The highest BCUT2D eigenvalue weighted by molar-refractivity contribution is 5.29. The summed E-state index contributed by atoms with van der Waals surface area (Å²) in [4.78, 5) is 2.35. The Morgan fingerprint density at radius 3 is 2.38 bits per heavy atom. The van der Waals surface area contributed by atoms with Crippen LogP contribution < -0.4 is 4.74 Å². The molecule has 0 radical (unpaired) electrons. The molecule has 2 unspecified atom stereocenters. The molecule has 0 aliphatic carbocycles. The number of hydrogen-bond donors (Lipinski definition) is 1. The molecule has 1 fully saturated rings. The molecule has 4 nitrogen and oxygen atoms in total. The summed E-state index contributed by atoms with van der Waals surface area (Å²) in [6, 6.07) is 7.78. The van der Waals surface area contributed by atoms with Crippen molar-refractivity contribution in [2.75, 3.05) is 26.8 Å². The molecule has 1 aliphatic heterocycles. The van der Waals surface area contributed by atoms with Crippen molar-refractivity contribution in [1.82, 2.24) is 4.90 Å². The lowest BCUT2D eigenvalue weighted by molar-refractivity contribution is -0.0163. The first-order valence-electron chi connectivity index (χ1n) is 7.83. The summed E-state index contributed by atoms with van der Waals surface area (Å²) in [5, 5.41) is 10.6. The number of aliphatic hydroxyl groups excluding tert-OH is 1. The van der Waals surface area contributed by atoms with E-state index in [0.29, 0.717) is 6.10 Å². The van der Waals surface area contributed by atoms with Crippen LogP contribution in [0.25, 0.3) is 0 Å². The van der Waals surface area contributed by atoms with Crippen molar-refractivity contribution in [3.05, 3.63) is 29.8 Å². The standard InChI is InChI=1S/C17H27NO3/c1-4-21-16-9-11-18(12-10-16)13(2)17(19)14-5-7-15(20-3)8-6-14/h5-8,13,16-17,19H,4,9-12H2,1-3H3. The Hall–Kier alpha value is -1.10. The van der Waals surface area contributed by atoms with Crippen molar-refractivity contribution in [1.29, 1.82) is 0 Å². The van der Waals surface area contributed by atoms with Crippen LogP contribution in [0.1, 0.15) is 38.4 Å². The minimum Gasteiger partial charge on any atom is -0.497 e. The first kappa shape index (κ1) is 16.3. The summed E-state index contributed by atoms with van der Waals surface area (Å²) in [6.07, 6.45) is 2.01. The first-order valence-corrected chi connectivity index (χ1v) is 7.83. The average Bonchev–Trinajstić information content (AvgIpc) is 2.54. The molecule has 1 aliphatic rings. The number of methoxy groups -OCH3 is 1. The van der Waals surface area contributed by atoms with Gasteiger partial charge in [-0.1, -0.05) is 12.1 Å². The van der Waals surface area contributed by atoms with Gasteiger partial charge in [0.25, 0.3) is 0 Å². The fourth-order valence-corrected chi connectivity index (χ4v) is 2.96. The molecule has 0 saturated carbocycles. The van der Waals surface area contributed by atoms with Crippen LogP contribution in [0.3, 0.4) is 0 Å². The lowest BCUT2D eigenvalue weighted by atomic mass is 9.99. The van der Waals surface area contributed by atoms with Crippen LogP contribution in [0.15, 0.2) is 24.3 Å². The SMILES string of the molecule is CCOC1CCN(C(C)C(O)c2ccc(OC)cc2)CC1. The third-order valence-corrected chi connectivity index (χ3v) is 4.37. The van der Waals surface area contributed by atoms with Gasteiger partial charge >= 0.3 is 0 Å². The number of hydrogen-bond acceptors (Lipinski definition) is 4. The lowest BCUT2D eigenvalue weighted by Gasteiger charge is -2.37. The zero-order valence-corrected chi connectivity index (χ0v) is 13.3. The summed E-state index contributed by atoms with van der Waals surface area (Å²) in [5.41, 5.74) is 0.940. The number of piperidine rings is 1. The van der Waals surface area contributed by atoms with E-state index in [1.165, 1.54) is 0 Å². The van der Waals surface area contributed by atoms with Crippen LogP contribution in [0.5, 0.6) is 5.75 Å². The average molecular weight is 293 g/mol. The zero-order chi connectivity index (χ0) is 15.2. The third kappa shape index (κ3) is 4.19. The van der Waals surface area contributed by atoms with Gasteiger partial charge in [0.05, 0.1) is 19.3 Å². The molecule has 1 heterocycles. The van der Waals surface area contributed by atoms with Gasteiger partial charge in [0.1, 0.15) is 5.75 Å². The molecule has 1 aromatic rings. The van der Waals surface area contributed by atoms with Gasteiger partial charge in [-0.2, -0.15) is 0 Å². The van der Waals surface area contributed by atoms with Crippen molar-refractivity contribution < 1.29 is 14.6 Å². The second-order valence-electron chi connectivity index (χ2n) is 5.65. The maximum atomic E-state index is 10.6. The van der Waals surface area contributed by atoms with Crippen molar-refractivity contribution in [3.63, 3.8) is 0 Å². The number of nitrogens with zero attached hydrogens (tertiary/aromatic N) is 1. The van der Waals surface area contributed by atoms with E-state index in [0.717, 1.165) is 43.9 Å². The highest BCUT2D eigenvalue weighted by Gasteiger charge is 2.27. The fraction of sp³-hybridized carbons (Fsp3) is 0.647. The molecule has 118 valence electrons. The summed E-state index contributed by atoms with van der Waals surface area (Å²) >= 11 is 0. The summed E-state index contributed by atoms with van der Waals surface area (Å²) < 4.78 is 10.8. The first-order chi connectivity index (χ1) is 10.2. The third-order valence-electron chi connectivity index (χ3n) is 4.37. The summed E-state index contributed by atoms with van der Waals surface area (Å²) in [7, 11) is 1.65. The van der Waals surface area contributed by atoms with E-state index in [4.69, 9.17) is 9.47 Å². The molecule has 1 aromatic carbocycles. The fourth-order valence-electron chi connectivity index (χ4n) is 2.96. The van der Waals surface area contributed by atoms with Crippen LogP contribution in [-0.4, -0.2) is 49.0 Å². The monoisotopic (exact) mass is 293 g/mol. The van der Waals surface area contributed by atoms with Crippen molar-refractivity contribution >= 4 is 0 Å². The second-order valence-corrected chi connectivity index (χ2v) is 5.65. The van der Waals surface area contributed by atoms with E-state index in [1.54, 1.807) is 7.11 Å². The Morgan fingerprint density at radius 2 is 1.86 bits per heavy atom. The maximum absolute atomic E-state index is 10.6. The van der Waals surface area contributed by atoms with Gasteiger partial charge in [-0.15, -0.1) is 0 Å². The van der Waals surface area contributed by atoms with Gasteiger partial charge in [0.15, 0.2) is 0 Å². The van der Waals surface area contributed by atoms with Gasteiger partial charge < -0.3 is 14.6 Å². The van der Waals surface area contributed by atoms with E-state index in [9.17, 15) is 5.11 Å². The molecule has 2 rings (SSSR count). The van der Waals surface area contributed by atoms with Crippen LogP contribution >= 0.6 is 0 Å². The largest absolute Gasteiger partial charge is 0.497 e. The number of aliphatic hydroxyl groups is 1. The van der Waals surface area contributed by atoms with Crippen LogP contribution in [-0.2, 0) is 4.74 Å². The van der Waals surface area contributed by atoms with E-state index in [1.807, 2.05) is 31.2 Å². The minimum atomic E-state index is -0.473. The molecule has 0 bridgehead atoms. The number of likely N-dealkylation sites (tertiary alicyclic amines) is 1. The van der Waals surface area contributed by atoms with Crippen molar-refractivity contribution in [3.8, 4) is 5.75 Å². The molecule has 1 saturated heterocycles. The molecule has 1 N–H and O–H groups in total. The van der Waals surface area contributed by atoms with E-state index < -0.39 is 6.10 Å². The number of ether oxygens (including phenoxy) is 2. The predicted octanol–water partition coefficient (Wildman–Crippen LogP) is 2.62. The topological polar surface area (TPSA) is 41.9 Å². The van der Waals surface area contributed by atoms with Crippen LogP contribution in [0.4, 0.5) is 0 Å². The molecule has 0 amide bonds. The minimum absolute atomic E-state index is 0.112. The molecule has 21 heavy (non-hydrogen) atoms. The Balaban J connectivity index is 1.91. The van der Waals surface area contributed by atoms with Crippen molar-refractivity contribution in [2.45, 2.75) is 44.9 Å². The van der Waals surface area contributed by atoms with Gasteiger partial charge in [-0.05, 0) is 44.4 Å². The Kier molecular flexibility index (Phi) is 6.03. The highest BCUT2D eigenvalue weighted by Crippen LogP contribution is 2.25. The van der Waals surface area contributed by atoms with Crippen molar-refractivity contribution in [2.24, 2.45) is 0 Å². The Morgan fingerprint density at radius 1 is 1.24 bits per heavy atom.